The summed E-state index contributed by atoms with van der Waals surface area (Å²) in [4.78, 5) is 11.8. The van der Waals surface area contributed by atoms with Crippen molar-refractivity contribution in [3.05, 3.63) is 34.9 Å². The first-order chi connectivity index (χ1) is 16.4. The number of unbranched alkanes of at least 4 members (excludes halogenated alkanes) is 5. The molecule has 0 aliphatic rings. The van der Waals surface area contributed by atoms with E-state index in [-0.39, 0.29) is 0 Å². The lowest BCUT2D eigenvalue weighted by molar-refractivity contribution is -0.132. The normalized spacial score (nSPS) is 12.2. The Morgan fingerprint density at radius 2 is 1.50 bits per heavy atom. The van der Waals surface area contributed by atoms with Crippen LogP contribution < -0.4 is 4.74 Å². The number of carboxylic acid groups (broad SMARTS) is 1. The van der Waals surface area contributed by atoms with E-state index in [9.17, 15) is 9.90 Å². The fourth-order valence-corrected chi connectivity index (χ4v) is 6.85. The molecule has 0 heterocycles. The predicted octanol–water partition coefficient (Wildman–Crippen LogP) is 6.89. The maximum absolute atomic E-state index is 11.8. The summed E-state index contributed by atoms with van der Waals surface area (Å²) in [5.41, 5.74) is 2.51. The molecule has 0 radical (unpaired) electrons. The Labute approximate surface area is 208 Å². The van der Waals surface area contributed by atoms with Gasteiger partial charge in [-0.3, -0.25) is 0 Å². The SMILES string of the molecule is CCCc1cc(/C=C(\CCCCCCCC[Si](OCC)(OCC)OCC)C(=O)O)ccc1OC. The Balaban J connectivity index is 2.47. The van der Waals surface area contributed by atoms with Crippen LogP contribution in [0.1, 0.15) is 90.2 Å². The van der Waals surface area contributed by atoms with Gasteiger partial charge in [0.25, 0.3) is 0 Å². The minimum Gasteiger partial charge on any atom is -0.496 e. The highest BCUT2D eigenvalue weighted by Gasteiger charge is 2.39. The monoisotopic (exact) mass is 494 g/mol. The summed E-state index contributed by atoms with van der Waals surface area (Å²) in [6.07, 6.45) is 10.6. The Morgan fingerprint density at radius 3 is 2.03 bits per heavy atom. The summed E-state index contributed by atoms with van der Waals surface area (Å²) in [6, 6.07) is 6.76. The lowest BCUT2D eigenvalue weighted by atomic mass is 10.0. The summed E-state index contributed by atoms with van der Waals surface area (Å²) < 4.78 is 23.2. The molecule has 1 aromatic carbocycles. The quantitative estimate of drug-likeness (QED) is 0.121. The maximum atomic E-state index is 11.8. The van der Waals surface area contributed by atoms with Crippen molar-refractivity contribution in [1.29, 1.82) is 0 Å². The molecule has 1 N–H and O–H groups in total. The van der Waals surface area contributed by atoms with Crippen LogP contribution in [0.3, 0.4) is 0 Å². The third kappa shape index (κ3) is 11.2. The fourth-order valence-electron chi connectivity index (χ4n) is 4.16. The number of benzene rings is 1. The van der Waals surface area contributed by atoms with Gasteiger partial charge in [-0.05, 0) is 75.8 Å². The van der Waals surface area contributed by atoms with Crippen LogP contribution in [0.5, 0.6) is 5.75 Å². The van der Waals surface area contributed by atoms with Gasteiger partial charge in [-0.1, -0.05) is 45.1 Å². The molecule has 0 aliphatic carbocycles. The molecular weight excluding hydrogens is 448 g/mol. The summed E-state index contributed by atoms with van der Waals surface area (Å²) in [5, 5.41) is 9.66. The predicted molar refractivity (Wildman–Crippen MR) is 140 cm³/mol. The van der Waals surface area contributed by atoms with Crippen molar-refractivity contribution >= 4 is 20.8 Å². The smallest absolute Gasteiger partial charge is 0.496 e. The zero-order valence-corrected chi connectivity index (χ0v) is 23.0. The maximum Gasteiger partial charge on any atom is 0.500 e. The van der Waals surface area contributed by atoms with Gasteiger partial charge >= 0.3 is 14.8 Å². The van der Waals surface area contributed by atoms with Crippen LogP contribution in [-0.4, -0.2) is 46.8 Å². The highest BCUT2D eigenvalue weighted by Crippen LogP contribution is 2.24. The second kappa shape index (κ2) is 17.7. The largest absolute Gasteiger partial charge is 0.500 e. The van der Waals surface area contributed by atoms with Crippen molar-refractivity contribution in [3.63, 3.8) is 0 Å². The minimum absolute atomic E-state index is 0.466. The number of aryl methyl sites for hydroxylation is 1. The standard InChI is InChI=1S/C27H46O6Si/c1-6-16-24-21-23(18-19-26(24)30-5)22-25(27(28)29)17-14-12-10-11-13-15-20-34(31-7-2,32-8-3)33-9-4/h18-19,21-22H,6-17,20H2,1-5H3,(H,28,29)/b25-22+. The van der Waals surface area contributed by atoms with E-state index >= 15 is 0 Å². The molecule has 7 heteroatoms. The molecule has 0 atom stereocenters. The number of hydrogen-bond donors (Lipinski definition) is 1. The molecule has 1 aromatic rings. The average molecular weight is 495 g/mol. The van der Waals surface area contributed by atoms with Gasteiger partial charge < -0.3 is 23.1 Å². The molecule has 0 unspecified atom stereocenters. The third-order valence-electron chi connectivity index (χ3n) is 5.71. The molecular formula is C27H46O6Si. The van der Waals surface area contributed by atoms with Gasteiger partial charge in [-0.25, -0.2) is 4.79 Å². The molecule has 0 bridgehead atoms. The highest BCUT2D eigenvalue weighted by molar-refractivity contribution is 6.60. The van der Waals surface area contributed by atoms with E-state index in [1.54, 1.807) is 13.2 Å². The second-order valence-electron chi connectivity index (χ2n) is 8.40. The van der Waals surface area contributed by atoms with E-state index in [1.165, 1.54) is 0 Å². The Bertz CT molecular complexity index is 717. The summed E-state index contributed by atoms with van der Waals surface area (Å²) >= 11 is 0. The van der Waals surface area contributed by atoms with Gasteiger partial charge in [0, 0.05) is 31.4 Å². The van der Waals surface area contributed by atoms with Gasteiger partial charge in [-0.15, -0.1) is 0 Å². The van der Waals surface area contributed by atoms with E-state index in [2.05, 4.69) is 6.92 Å². The van der Waals surface area contributed by atoms with E-state index in [1.807, 2.05) is 39.0 Å². The lowest BCUT2D eigenvalue weighted by Gasteiger charge is -2.28. The number of rotatable bonds is 20. The van der Waals surface area contributed by atoms with E-state index in [0.29, 0.717) is 31.8 Å². The van der Waals surface area contributed by atoms with Crippen molar-refractivity contribution in [2.45, 2.75) is 91.5 Å². The molecule has 6 nitrogen and oxygen atoms in total. The minimum atomic E-state index is -2.53. The van der Waals surface area contributed by atoms with Crippen LogP contribution in [-0.2, 0) is 24.5 Å². The molecule has 34 heavy (non-hydrogen) atoms. The van der Waals surface area contributed by atoms with E-state index in [0.717, 1.165) is 74.3 Å². The summed E-state index contributed by atoms with van der Waals surface area (Å²) in [5.74, 6) is 0.0245. The van der Waals surface area contributed by atoms with Crippen LogP contribution in [0, 0.1) is 0 Å². The molecule has 0 aromatic heterocycles. The number of hydrogen-bond acceptors (Lipinski definition) is 5. The molecule has 1 rings (SSSR count). The zero-order valence-electron chi connectivity index (χ0n) is 22.0. The van der Waals surface area contributed by atoms with E-state index < -0.39 is 14.8 Å². The van der Waals surface area contributed by atoms with Crippen molar-refractivity contribution < 1.29 is 27.9 Å². The van der Waals surface area contributed by atoms with Crippen molar-refractivity contribution in [2.75, 3.05) is 26.9 Å². The first-order valence-corrected chi connectivity index (χ1v) is 14.9. The molecule has 0 spiro atoms. The van der Waals surface area contributed by atoms with Crippen LogP contribution in [0.2, 0.25) is 6.04 Å². The molecule has 0 amide bonds. The third-order valence-corrected chi connectivity index (χ3v) is 8.86. The van der Waals surface area contributed by atoms with Crippen molar-refractivity contribution in [3.8, 4) is 5.75 Å². The fraction of sp³-hybridized carbons (Fsp3) is 0.667. The summed E-state index contributed by atoms with van der Waals surface area (Å²) in [6.45, 7) is 9.92. The molecule has 0 fully saturated rings. The number of carboxylic acids is 1. The van der Waals surface area contributed by atoms with Crippen molar-refractivity contribution in [1.82, 2.24) is 0 Å². The van der Waals surface area contributed by atoms with Gasteiger partial charge in [-0.2, -0.15) is 0 Å². The summed E-state index contributed by atoms with van der Waals surface area (Å²) in [7, 11) is -0.863. The number of methoxy groups -OCH3 is 1. The zero-order chi connectivity index (χ0) is 25.2. The molecule has 0 saturated heterocycles. The van der Waals surface area contributed by atoms with Gasteiger partial charge in [0.05, 0.1) is 7.11 Å². The van der Waals surface area contributed by atoms with Crippen LogP contribution in [0.25, 0.3) is 6.08 Å². The Kier molecular flexibility index (Phi) is 15.8. The Morgan fingerprint density at radius 1 is 0.912 bits per heavy atom. The first-order valence-electron chi connectivity index (χ1n) is 13.0. The highest BCUT2D eigenvalue weighted by atomic mass is 28.4. The van der Waals surface area contributed by atoms with E-state index in [4.69, 9.17) is 18.0 Å². The van der Waals surface area contributed by atoms with Crippen molar-refractivity contribution in [2.24, 2.45) is 0 Å². The van der Waals surface area contributed by atoms with Crippen LogP contribution in [0.4, 0.5) is 0 Å². The van der Waals surface area contributed by atoms with Crippen LogP contribution in [0.15, 0.2) is 23.8 Å². The number of carbonyl (C=O) groups is 1. The number of ether oxygens (including phenoxy) is 1. The number of aliphatic carboxylic acids is 1. The van der Waals surface area contributed by atoms with Gasteiger partial charge in [0.1, 0.15) is 5.75 Å². The topological polar surface area (TPSA) is 74.2 Å². The first kappa shape index (κ1) is 30.4. The average Bonchev–Trinajstić information content (AvgIpc) is 2.81. The molecule has 194 valence electrons. The molecule has 0 aliphatic heterocycles. The second-order valence-corrected chi connectivity index (χ2v) is 11.1. The van der Waals surface area contributed by atoms with Crippen LogP contribution >= 0.6 is 0 Å². The van der Waals surface area contributed by atoms with Gasteiger partial charge in [0.2, 0.25) is 0 Å². The van der Waals surface area contributed by atoms with Gasteiger partial charge in [0.15, 0.2) is 0 Å². The lowest BCUT2D eigenvalue weighted by Crippen LogP contribution is -2.45. The molecule has 0 saturated carbocycles. The Hall–Kier alpha value is -1.67.